The topological polar surface area (TPSA) is 44.4 Å². The molecule has 2 aromatic rings. The van der Waals surface area contributed by atoms with E-state index in [9.17, 15) is 4.79 Å². The van der Waals surface area contributed by atoms with Gasteiger partial charge in [0, 0.05) is 37.3 Å². The number of fused-ring (bicyclic) bond motifs is 1. The molecular formula is C23H29N3O. The second-order valence-corrected chi connectivity index (χ2v) is 7.91. The molecule has 2 atom stereocenters. The lowest BCUT2D eigenvalue weighted by molar-refractivity contribution is -0.126. The van der Waals surface area contributed by atoms with Crippen molar-refractivity contribution in [1.29, 1.82) is 0 Å². The Kier molecular flexibility index (Phi) is 5.44. The Labute approximate surface area is 162 Å². The highest BCUT2D eigenvalue weighted by atomic mass is 16.1. The van der Waals surface area contributed by atoms with Gasteiger partial charge in [0.1, 0.15) is 0 Å². The molecular weight excluding hydrogens is 334 g/mol. The number of carbonyl (C=O) groups is 1. The number of amides is 1. The predicted octanol–water partition coefficient (Wildman–Crippen LogP) is 3.25. The monoisotopic (exact) mass is 363 g/mol. The minimum Gasteiger partial charge on any atom is -0.367 e. The van der Waals surface area contributed by atoms with Crippen LogP contribution in [-0.2, 0) is 24.3 Å². The number of hydrogen-bond donors (Lipinski definition) is 2. The first kappa shape index (κ1) is 18.1. The van der Waals surface area contributed by atoms with Gasteiger partial charge in [-0.3, -0.25) is 4.79 Å². The van der Waals surface area contributed by atoms with Crippen molar-refractivity contribution in [2.75, 3.05) is 18.0 Å². The second kappa shape index (κ2) is 8.13. The van der Waals surface area contributed by atoms with E-state index in [1.54, 1.807) is 0 Å². The van der Waals surface area contributed by atoms with Crippen molar-refractivity contribution in [3.8, 4) is 0 Å². The molecule has 1 amide bonds. The Hall–Kier alpha value is -2.33. The highest BCUT2D eigenvalue weighted by Gasteiger charge is 2.24. The van der Waals surface area contributed by atoms with E-state index < -0.39 is 0 Å². The molecule has 4 nitrogen and oxygen atoms in total. The fourth-order valence-electron chi connectivity index (χ4n) is 4.26. The molecule has 1 fully saturated rings. The number of carbonyl (C=O) groups excluding carboxylic acids is 1. The molecule has 0 unspecified atom stereocenters. The summed E-state index contributed by atoms with van der Waals surface area (Å²) in [5, 5.41) is 6.52. The number of benzene rings is 2. The van der Waals surface area contributed by atoms with E-state index in [0.717, 1.165) is 44.5 Å². The summed E-state index contributed by atoms with van der Waals surface area (Å²) in [6.45, 7) is 5.73. The summed E-state index contributed by atoms with van der Waals surface area (Å²) >= 11 is 0. The Balaban J connectivity index is 1.30. The van der Waals surface area contributed by atoms with Crippen LogP contribution in [0.4, 0.5) is 5.69 Å². The molecule has 1 saturated heterocycles. The summed E-state index contributed by atoms with van der Waals surface area (Å²) in [4.78, 5) is 14.8. The van der Waals surface area contributed by atoms with Gasteiger partial charge < -0.3 is 15.5 Å². The van der Waals surface area contributed by atoms with E-state index in [-0.39, 0.29) is 11.8 Å². The smallest absolute Gasteiger partial charge is 0.223 e. The van der Waals surface area contributed by atoms with Gasteiger partial charge >= 0.3 is 0 Å². The van der Waals surface area contributed by atoms with Gasteiger partial charge in [0.15, 0.2) is 0 Å². The number of para-hydroxylation sites is 1. The van der Waals surface area contributed by atoms with Gasteiger partial charge in [0.2, 0.25) is 5.91 Å². The van der Waals surface area contributed by atoms with Crippen LogP contribution in [0.25, 0.3) is 0 Å². The lowest BCUT2D eigenvalue weighted by Crippen LogP contribution is -2.42. The van der Waals surface area contributed by atoms with E-state index in [0.29, 0.717) is 12.6 Å². The normalized spacial score (nSPS) is 21.7. The molecule has 2 aromatic carbocycles. The Morgan fingerprint density at radius 2 is 1.93 bits per heavy atom. The van der Waals surface area contributed by atoms with E-state index in [4.69, 9.17) is 0 Å². The summed E-state index contributed by atoms with van der Waals surface area (Å²) < 4.78 is 0. The standard InChI is InChI=1S/C23H29N3O/c1-17-14-21(10-12-24-17)23(27)25-15-18-6-8-19(9-7-18)16-26-13-11-20-4-2-3-5-22(20)26/h2-9,17,21,24H,10-16H2,1H3,(H,25,27)/t17-,21-/m0/s1. The van der Waals surface area contributed by atoms with Crippen molar-refractivity contribution in [3.63, 3.8) is 0 Å². The fourth-order valence-corrected chi connectivity index (χ4v) is 4.26. The highest BCUT2D eigenvalue weighted by Crippen LogP contribution is 2.28. The zero-order chi connectivity index (χ0) is 18.6. The Morgan fingerprint density at radius 1 is 1.15 bits per heavy atom. The van der Waals surface area contributed by atoms with Gasteiger partial charge in [0.25, 0.3) is 0 Å². The van der Waals surface area contributed by atoms with Crippen LogP contribution >= 0.6 is 0 Å². The van der Waals surface area contributed by atoms with Gasteiger partial charge in [-0.05, 0) is 55.5 Å². The van der Waals surface area contributed by atoms with E-state index in [1.807, 2.05) is 0 Å². The lowest BCUT2D eigenvalue weighted by Gasteiger charge is -2.27. The Morgan fingerprint density at radius 3 is 2.74 bits per heavy atom. The number of nitrogens with zero attached hydrogens (tertiary/aromatic N) is 1. The lowest BCUT2D eigenvalue weighted by atomic mass is 9.92. The van der Waals surface area contributed by atoms with Gasteiger partial charge in [-0.1, -0.05) is 42.5 Å². The van der Waals surface area contributed by atoms with Crippen LogP contribution in [0, 0.1) is 5.92 Å². The minimum atomic E-state index is 0.149. The van der Waals surface area contributed by atoms with Crippen LogP contribution in [-0.4, -0.2) is 25.0 Å². The maximum absolute atomic E-state index is 12.4. The molecule has 4 heteroatoms. The first-order valence-corrected chi connectivity index (χ1v) is 10.1. The van der Waals surface area contributed by atoms with Gasteiger partial charge in [-0.15, -0.1) is 0 Å². The number of anilines is 1. The van der Waals surface area contributed by atoms with Crippen LogP contribution in [0.5, 0.6) is 0 Å². The molecule has 2 aliphatic rings. The summed E-state index contributed by atoms with van der Waals surface area (Å²) in [5.41, 5.74) is 5.29. The molecule has 0 bridgehead atoms. The number of nitrogens with one attached hydrogen (secondary N) is 2. The fraction of sp³-hybridized carbons (Fsp3) is 0.435. The molecule has 2 heterocycles. The van der Waals surface area contributed by atoms with Crippen molar-refractivity contribution in [3.05, 3.63) is 65.2 Å². The van der Waals surface area contributed by atoms with Gasteiger partial charge in [0.05, 0.1) is 0 Å². The molecule has 2 N–H and O–H groups in total. The van der Waals surface area contributed by atoms with E-state index >= 15 is 0 Å². The molecule has 0 aromatic heterocycles. The zero-order valence-corrected chi connectivity index (χ0v) is 16.1. The van der Waals surface area contributed by atoms with E-state index in [2.05, 4.69) is 71.0 Å². The molecule has 0 radical (unpaired) electrons. The van der Waals surface area contributed by atoms with Crippen LogP contribution in [0.2, 0.25) is 0 Å². The van der Waals surface area contributed by atoms with Crippen molar-refractivity contribution in [2.24, 2.45) is 5.92 Å². The molecule has 27 heavy (non-hydrogen) atoms. The van der Waals surface area contributed by atoms with Crippen LogP contribution in [0.15, 0.2) is 48.5 Å². The summed E-state index contributed by atoms with van der Waals surface area (Å²) in [6.07, 6.45) is 3.00. The minimum absolute atomic E-state index is 0.149. The third kappa shape index (κ3) is 4.33. The molecule has 0 saturated carbocycles. The number of rotatable bonds is 5. The number of piperidine rings is 1. The Bertz CT molecular complexity index is 786. The molecule has 0 aliphatic carbocycles. The maximum atomic E-state index is 12.4. The van der Waals surface area contributed by atoms with E-state index in [1.165, 1.54) is 16.8 Å². The van der Waals surface area contributed by atoms with Crippen molar-refractivity contribution in [1.82, 2.24) is 10.6 Å². The second-order valence-electron chi connectivity index (χ2n) is 7.91. The predicted molar refractivity (Wildman–Crippen MR) is 110 cm³/mol. The SMILES string of the molecule is C[C@H]1C[C@@H](C(=O)NCc2ccc(CN3CCc4ccccc43)cc2)CCN1. The van der Waals surface area contributed by atoms with Crippen LogP contribution < -0.4 is 15.5 Å². The average molecular weight is 364 g/mol. The van der Waals surface area contributed by atoms with Gasteiger partial charge in [-0.2, -0.15) is 0 Å². The highest BCUT2D eigenvalue weighted by molar-refractivity contribution is 5.78. The third-order valence-electron chi connectivity index (χ3n) is 5.84. The zero-order valence-electron chi connectivity index (χ0n) is 16.1. The summed E-state index contributed by atoms with van der Waals surface area (Å²) in [7, 11) is 0. The van der Waals surface area contributed by atoms with Gasteiger partial charge in [-0.25, -0.2) is 0 Å². The maximum Gasteiger partial charge on any atom is 0.223 e. The summed E-state index contributed by atoms with van der Waals surface area (Å²) in [6, 6.07) is 17.8. The van der Waals surface area contributed by atoms with Crippen LogP contribution in [0.3, 0.4) is 0 Å². The van der Waals surface area contributed by atoms with Crippen molar-refractivity contribution in [2.45, 2.75) is 45.3 Å². The third-order valence-corrected chi connectivity index (χ3v) is 5.84. The first-order valence-electron chi connectivity index (χ1n) is 10.1. The molecule has 4 rings (SSSR count). The molecule has 142 valence electrons. The largest absolute Gasteiger partial charge is 0.367 e. The first-order chi connectivity index (χ1) is 13.2. The molecule has 2 aliphatic heterocycles. The van der Waals surface area contributed by atoms with Crippen molar-refractivity contribution < 1.29 is 4.79 Å². The van der Waals surface area contributed by atoms with Crippen molar-refractivity contribution >= 4 is 11.6 Å². The number of hydrogen-bond acceptors (Lipinski definition) is 3. The van der Waals surface area contributed by atoms with Crippen LogP contribution in [0.1, 0.15) is 36.5 Å². The quantitative estimate of drug-likeness (QED) is 0.857. The molecule has 0 spiro atoms. The average Bonchev–Trinajstić information content (AvgIpc) is 3.10. The summed E-state index contributed by atoms with van der Waals surface area (Å²) in [5.74, 6) is 0.344.